The van der Waals surface area contributed by atoms with E-state index < -0.39 is 5.82 Å². The van der Waals surface area contributed by atoms with E-state index in [9.17, 15) is 4.39 Å². The van der Waals surface area contributed by atoms with Gasteiger partial charge in [-0.1, -0.05) is 17.7 Å². The third-order valence-electron chi connectivity index (χ3n) is 1.06. The van der Waals surface area contributed by atoms with Crippen LogP contribution in [-0.4, -0.2) is 0 Å². The van der Waals surface area contributed by atoms with E-state index in [1.165, 1.54) is 18.2 Å². The smallest absolute Gasteiger partial charge is 0.662 e. The first-order chi connectivity index (χ1) is 4.75. The van der Waals surface area contributed by atoms with Crippen molar-refractivity contribution in [3.8, 4) is 5.75 Å². The minimum atomic E-state index is -0.498. The summed E-state index contributed by atoms with van der Waals surface area (Å²) >= 11 is 5.52. The zero-order chi connectivity index (χ0) is 7.56. The molecule has 0 unspecified atom stereocenters. The van der Waals surface area contributed by atoms with Crippen LogP contribution in [0.4, 0.5) is 4.39 Å². The Morgan fingerprint density at radius 3 is 2.45 bits per heavy atom. The van der Waals surface area contributed by atoms with Crippen LogP contribution in [0.5, 0.6) is 5.75 Å². The van der Waals surface area contributed by atoms with Gasteiger partial charge in [-0.15, -0.1) is 0 Å². The maximum absolute atomic E-state index is 12.6. The quantitative estimate of drug-likeness (QED) is 0.410. The molecule has 1 rings (SSSR count). The molecule has 0 N–H and O–H groups in total. The molecule has 0 aliphatic rings. The average Bonchev–Trinajstić information content (AvgIpc) is 1.88. The number of halogens is 2. The van der Waals surface area contributed by atoms with Crippen LogP contribution in [0.1, 0.15) is 0 Å². The predicted octanol–water partition coefficient (Wildman–Crippen LogP) is -0.347. The number of ether oxygens (including phenoxy) is 1. The van der Waals surface area contributed by atoms with E-state index in [0.29, 0.717) is 0 Å². The van der Waals surface area contributed by atoms with E-state index in [2.05, 4.69) is 11.8 Å². The molecule has 1 aromatic rings. The van der Waals surface area contributed by atoms with E-state index in [1.54, 1.807) is 0 Å². The topological polar surface area (TPSA) is 9.23 Å². The monoisotopic (exact) mass is 166 g/mol. The number of benzene rings is 1. The molecule has 0 atom stereocenters. The van der Waals surface area contributed by atoms with Gasteiger partial charge in [0.1, 0.15) is 5.75 Å². The first kappa shape index (κ1) is 10.8. The van der Waals surface area contributed by atoms with E-state index in [-0.39, 0.29) is 29.6 Å². The first-order valence-corrected chi connectivity index (χ1v) is 2.99. The van der Waals surface area contributed by atoms with Gasteiger partial charge in [-0.25, -0.2) is 4.39 Å². The van der Waals surface area contributed by atoms with Crippen LogP contribution in [0.15, 0.2) is 18.2 Å². The molecule has 0 aliphatic heterocycles. The summed E-state index contributed by atoms with van der Waals surface area (Å²) in [6.07, 6.45) is 0. The van der Waals surface area contributed by atoms with Crippen molar-refractivity contribution in [2.75, 3.05) is 0 Å². The van der Waals surface area contributed by atoms with Crippen molar-refractivity contribution in [3.63, 3.8) is 0 Å². The summed E-state index contributed by atoms with van der Waals surface area (Å²) in [7, 11) is 3.05. The Bertz CT molecular complexity index is 222. The second kappa shape index (κ2) is 4.66. The third kappa shape index (κ3) is 2.41. The van der Waals surface area contributed by atoms with E-state index >= 15 is 0 Å². The number of rotatable bonds is 1. The summed E-state index contributed by atoms with van der Waals surface area (Å²) in [6, 6.07) is 4.29. The molecule has 0 radical (unpaired) electrons. The van der Waals surface area contributed by atoms with Gasteiger partial charge in [0.05, 0.1) is 5.02 Å². The van der Waals surface area contributed by atoms with E-state index in [4.69, 9.17) is 11.6 Å². The Morgan fingerprint density at radius 2 is 2.09 bits per heavy atom. The van der Waals surface area contributed by atoms with Gasteiger partial charge in [-0.2, -0.15) is 7.11 Å². The summed E-state index contributed by atoms with van der Waals surface area (Å²) in [5, 5.41) is 0.231. The Morgan fingerprint density at radius 1 is 1.45 bits per heavy atom. The molecule has 54 valence electrons. The van der Waals surface area contributed by atoms with Crippen LogP contribution in [0.2, 0.25) is 5.02 Å². The number of hydrogen-bond acceptors (Lipinski definition) is 1. The molecular formula is C7H5ClFLiO. The maximum atomic E-state index is 12.6. The Kier molecular flexibility index (Phi) is 4.59. The van der Waals surface area contributed by atoms with Crippen LogP contribution < -0.4 is 23.6 Å². The Balaban J connectivity index is 0.000001000. The molecule has 4 heteroatoms. The fraction of sp³-hybridized carbons (Fsp3) is 0. The molecule has 1 aromatic carbocycles. The van der Waals surface area contributed by atoms with Gasteiger partial charge < -0.3 is 4.74 Å². The number of para-hydroxylation sites is 1. The molecule has 0 saturated heterocycles. The van der Waals surface area contributed by atoms with Crippen molar-refractivity contribution >= 4 is 11.6 Å². The second-order valence-electron chi connectivity index (χ2n) is 1.70. The minimum absolute atomic E-state index is 0. The third-order valence-corrected chi connectivity index (χ3v) is 1.36. The first-order valence-electron chi connectivity index (χ1n) is 2.61. The van der Waals surface area contributed by atoms with Gasteiger partial charge >= 0.3 is 18.9 Å². The van der Waals surface area contributed by atoms with Crippen LogP contribution in [0, 0.1) is 12.9 Å². The summed E-state index contributed by atoms with van der Waals surface area (Å²) in [5.41, 5.74) is 0. The molecule has 0 spiro atoms. The zero-order valence-electron chi connectivity index (χ0n) is 6.10. The minimum Gasteiger partial charge on any atom is -0.662 e. The molecule has 0 saturated carbocycles. The van der Waals surface area contributed by atoms with E-state index in [0.717, 1.165) is 0 Å². The van der Waals surface area contributed by atoms with Crippen molar-refractivity contribution in [2.24, 2.45) is 0 Å². The van der Waals surface area contributed by atoms with E-state index in [1.807, 2.05) is 0 Å². The van der Waals surface area contributed by atoms with Crippen molar-refractivity contribution in [1.29, 1.82) is 0 Å². The average molecular weight is 167 g/mol. The zero-order valence-corrected chi connectivity index (χ0v) is 6.86. The fourth-order valence-corrected chi connectivity index (χ4v) is 0.838. The van der Waals surface area contributed by atoms with Crippen molar-refractivity contribution in [1.82, 2.24) is 0 Å². The molecular weight excluding hydrogens is 161 g/mol. The second-order valence-corrected chi connectivity index (χ2v) is 2.10. The largest absolute Gasteiger partial charge is 1.00 e. The Labute approximate surface area is 81.7 Å². The van der Waals surface area contributed by atoms with Crippen LogP contribution in [-0.2, 0) is 0 Å². The maximum Gasteiger partial charge on any atom is 1.00 e. The summed E-state index contributed by atoms with van der Waals surface area (Å²) in [4.78, 5) is 0. The predicted molar refractivity (Wildman–Crippen MR) is 37.4 cm³/mol. The number of hydrogen-bond donors (Lipinski definition) is 0. The summed E-state index contributed by atoms with van der Waals surface area (Å²) < 4.78 is 17.0. The van der Waals surface area contributed by atoms with Crippen LogP contribution >= 0.6 is 11.6 Å². The van der Waals surface area contributed by atoms with Crippen molar-refractivity contribution in [3.05, 3.63) is 36.1 Å². The molecule has 0 heterocycles. The van der Waals surface area contributed by atoms with Gasteiger partial charge in [0.2, 0.25) is 0 Å². The van der Waals surface area contributed by atoms with Gasteiger partial charge in [0, 0.05) is 0 Å². The molecule has 0 amide bonds. The van der Waals surface area contributed by atoms with Crippen LogP contribution in [0.3, 0.4) is 0 Å². The molecule has 0 aromatic heterocycles. The van der Waals surface area contributed by atoms with Crippen molar-refractivity contribution < 1.29 is 28.0 Å². The standard InChI is InChI=1S/C7H5ClFO.Li/c1-10-7-5(8)3-2-4-6(7)9;/h2-4H,1H2;/q-1;+1. The molecule has 1 nitrogen and oxygen atoms in total. The van der Waals surface area contributed by atoms with Gasteiger partial charge in [-0.05, 0) is 12.1 Å². The molecule has 0 bridgehead atoms. The van der Waals surface area contributed by atoms with Gasteiger partial charge in [0.25, 0.3) is 0 Å². The van der Waals surface area contributed by atoms with Crippen molar-refractivity contribution in [2.45, 2.75) is 0 Å². The van der Waals surface area contributed by atoms with Crippen LogP contribution in [0.25, 0.3) is 0 Å². The van der Waals surface area contributed by atoms with Gasteiger partial charge in [-0.3, -0.25) is 0 Å². The van der Waals surface area contributed by atoms with Gasteiger partial charge in [0.15, 0.2) is 5.82 Å². The molecule has 0 fully saturated rings. The fourth-order valence-electron chi connectivity index (χ4n) is 0.620. The molecule has 0 aliphatic carbocycles. The summed E-state index contributed by atoms with van der Waals surface area (Å²) in [5.74, 6) is -0.508. The summed E-state index contributed by atoms with van der Waals surface area (Å²) in [6.45, 7) is 0. The molecule has 11 heavy (non-hydrogen) atoms. The normalized spacial score (nSPS) is 8.64. The Hall–Kier alpha value is -0.163. The SMILES string of the molecule is [CH2-]Oc1c(F)cccc1Cl.[Li+].